The summed E-state index contributed by atoms with van der Waals surface area (Å²) in [5.41, 5.74) is 2.22. The number of methoxy groups -OCH3 is 6. The molecule has 0 spiro atoms. The van der Waals surface area contributed by atoms with Crippen LogP contribution in [-0.2, 0) is 20.8 Å². The van der Waals surface area contributed by atoms with Crippen molar-refractivity contribution >= 4 is 23.8 Å². The predicted octanol–water partition coefficient (Wildman–Crippen LogP) is 2.81. The van der Waals surface area contributed by atoms with Crippen LogP contribution in [-0.4, -0.2) is 71.3 Å². The Hall–Kier alpha value is -4.41. The third kappa shape index (κ3) is 5.29. The molecule has 1 unspecified atom stereocenters. The molecule has 0 saturated carbocycles. The lowest BCUT2D eigenvalue weighted by atomic mass is 9.97. The molecule has 39 heavy (non-hydrogen) atoms. The highest BCUT2D eigenvalue weighted by atomic mass is 16.5. The number of benzene rings is 2. The highest BCUT2D eigenvalue weighted by Gasteiger charge is 2.41. The summed E-state index contributed by atoms with van der Waals surface area (Å²) in [5, 5.41) is 2.66. The summed E-state index contributed by atoms with van der Waals surface area (Å²) in [6.45, 7) is 4.80. The van der Waals surface area contributed by atoms with Gasteiger partial charge in [-0.05, 0) is 32.1 Å². The van der Waals surface area contributed by atoms with E-state index in [0.29, 0.717) is 56.8 Å². The van der Waals surface area contributed by atoms with Gasteiger partial charge >= 0.3 is 0 Å². The quantitative estimate of drug-likeness (QED) is 0.477. The zero-order chi connectivity index (χ0) is 29.0. The maximum Gasteiger partial charge on any atom is 0.277 e. The maximum atomic E-state index is 13.6. The van der Waals surface area contributed by atoms with Crippen molar-refractivity contribution in [3.63, 3.8) is 0 Å². The summed E-state index contributed by atoms with van der Waals surface area (Å²) in [6, 6.07) is 2.16. The molecule has 1 N–H and O–H groups in total. The molecule has 0 bridgehead atoms. The van der Waals surface area contributed by atoms with Gasteiger partial charge in [0.25, 0.3) is 5.91 Å². The lowest BCUT2D eigenvalue weighted by Gasteiger charge is -2.34. The summed E-state index contributed by atoms with van der Waals surface area (Å²) in [5.74, 6) is 0.883. The number of hydrogen-bond acceptors (Lipinski definition) is 9. The number of carbonyl (C=O) groups excluding carboxylic acids is 3. The van der Waals surface area contributed by atoms with E-state index in [-0.39, 0.29) is 12.1 Å². The predicted molar refractivity (Wildman–Crippen MR) is 143 cm³/mol. The van der Waals surface area contributed by atoms with Crippen LogP contribution in [0.1, 0.15) is 29.2 Å². The number of ether oxygens (including phenoxy) is 6. The number of nitrogens with one attached hydrogen (secondary N) is 1. The first-order chi connectivity index (χ1) is 18.6. The Balaban J connectivity index is 2.08. The molecule has 0 aliphatic carbocycles. The number of imide groups is 1. The minimum Gasteiger partial charge on any atom is -0.496 e. The molecule has 2 aromatic carbocycles. The standard InChI is InChI=1S/C28H34N2O9/c1-14-23(36-6)17(12-21(34-4)25(14)38-8)10-19-28(33)30(16(3)31)20(27(32)29-19)11-18-13-22(35-5)26(39-9)15(2)24(18)37-7/h10,12-13,20H,11H2,1-9H3,(H,29,32)/b19-10-. The first-order valence-electron chi connectivity index (χ1n) is 12.0. The van der Waals surface area contributed by atoms with Gasteiger partial charge in [-0.3, -0.25) is 19.3 Å². The van der Waals surface area contributed by atoms with Gasteiger partial charge in [0, 0.05) is 35.6 Å². The van der Waals surface area contributed by atoms with Crippen molar-refractivity contribution < 1.29 is 42.8 Å². The molecule has 2 aromatic rings. The molecule has 0 aromatic heterocycles. The zero-order valence-electron chi connectivity index (χ0n) is 23.6. The van der Waals surface area contributed by atoms with E-state index >= 15 is 0 Å². The number of nitrogens with zero attached hydrogens (tertiary/aromatic N) is 1. The van der Waals surface area contributed by atoms with Crippen LogP contribution >= 0.6 is 0 Å². The fourth-order valence-electron chi connectivity index (χ4n) is 4.89. The van der Waals surface area contributed by atoms with Crippen molar-refractivity contribution in [2.45, 2.75) is 33.2 Å². The zero-order valence-corrected chi connectivity index (χ0v) is 23.6. The SMILES string of the molecule is COc1cc(/C=C2\NC(=O)C(Cc3cc(OC)c(OC)c(C)c3OC)N(C(C)=O)C2=O)c(OC)c(C)c1OC. The van der Waals surface area contributed by atoms with E-state index < -0.39 is 23.8 Å². The Kier molecular flexibility index (Phi) is 8.95. The Morgan fingerprint density at radius 1 is 0.821 bits per heavy atom. The molecule has 11 nitrogen and oxygen atoms in total. The van der Waals surface area contributed by atoms with Gasteiger partial charge < -0.3 is 33.7 Å². The minimum absolute atomic E-state index is 0.00636. The Morgan fingerprint density at radius 3 is 1.82 bits per heavy atom. The number of piperazine rings is 1. The van der Waals surface area contributed by atoms with Crippen molar-refractivity contribution in [3.8, 4) is 34.5 Å². The Bertz CT molecular complexity index is 1330. The van der Waals surface area contributed by atoms with Gasteiger partial charge in [0.2, 0.25) is 11.8 Å². The largest absolute Gasteiger partial charge is 0.496 e. The summed E-state index contributed by atoms with van der Waals surface area (Å²) in [4.78, 5) is 40.6. The average Bonchev–Trinajstić information content (AvgIpc) is 2.90. The molecule has 1 aliphatic rings. The Labute approximate surface area is 227 Å². The van der Waals surface area contributed by atoms with E-state index in [4.69, 9.17) is 28.4 Å². The van der Waals surface area contributed by atoms with Crippen LogP contribution in [0.5, 0.6) is 34.5 Å². The first kappa shape index (κ1) is 29.2. The highest BCUT2D eigenvalue weighted by molar-refractivity contribution is 6.14. The minimum atomic E-state index is -1.13. The molecule has 3 amide bonds. The normalized spacial score (nSPS) is 16.1. The maximum absolute atomic E-state index is 13.6. The van der Waals surface area contributed by atoms with Gasteiger partial charge in [-0.1, -0.05) is 0 Å². The van der Waals surface area contributed by atoms with Gasteiger partial charge in [-0.15, -0.1) is 0 Å². The van der Waals surface area contributed by atoms with Crippen molar-refractivity contribution in [3.05, 3.63) is 40.1 Å². The van der Waals surface area contributed by atoms with Gasteiger partial charge in [0.15, 0.2) is 23.0 Å². The lowest BCUT2D eigenvalue weighted by molar-refractivity contribution is -0.152. The van der Waals surface area contributed by atoms with E-state index in [2.05, 4.69) is 5.32 Å². The van der Waals surface area contributed by atoms with Crippen LogP contribution in [0.2, 0.25) is 0 Å². The molecule has 0 radical (unpaired) electrons. The molecule has 1 fully saturated rings. The van der Waals surface area contributed by atoms with Gasteiger partial charge in [-0.2, -0.15) is 0 Å². The van der Waals surface area contributed by atoms with Crippen LogP contribution in [0.25, 0.3) is 6.08 Å². The highest BCUT2D eigenvalue weighted by Crippen LogP contribution is 2.42. The third-order valence-corrected chi connectivity index (χ3v) is 6.59. The second kappa shape index (κ2) is 12.0. The summed E-state index contributed by atoms with van der Waals surface area (Å²) in [6.07, 6.45) is 1.44. The molecule has 210 valence electrons. The van der Waals surface area contributed by atoms with Crippen LogP contribution in [0, 0.1) is 13.8 Å². The first-order valence-corrected chi connectivity index (χ1v) is 12.0. The lowest BCUT2D eigenvalue weighted by Crippen LogP contribution is -2.59. The fourth-order valence-corrected chi connectivity index (χ4v) is 4.89. The molecule has 1 atom stereocenters. The van der Waals surface area contributed by atoms with E-state index in [9.17, 15) is 14.4 Å². The number of rotatable bonds is 9. The average molecular weight is 543 g/mol. The number of hydrogen-bond donors (Lipinski definition) is 1. The summed E-state index contributed by atoms with van der Waals surface area (Å²) < 4.78 is 32.9. The monoisotopic (exact) mass is 542 g/mol. The Morgan fingerprint density at radius 2 is 1.33 bits per heavy atom. The van der Waals surface area contributed by atoms with E-state index in [1.807, 2.05) is 0 Å². The molecular formula is C28H34N2O9. The summed E-state index contributed by atoms with van der Waals surface area (Å²) in [7, 11) is 8.97. The van der Waals surface area contributed by atoms with Crippen molar-refractivity contribution in [2.24, 2.45) is 0 Å². The molecule has 1 heterocycles. The van der Waals surface area contributed by atoms with Crippen LogP contribution in [0.15, 0.2) is 17.8 Å². The van der Waals surface area contributed by atoms with Gasteiger partial charge in [-0.25, -0.2) is 0 Å². The summed E-state index contributed by atoms with van der Waals surface area (Å²) >= 11 is 0. The van der Waals surface area contributed by atoms with Crippen LogP contribution in [0.4, 0.5) is 0 Å². The number of amides is 3. The van der Waals surface area contributed by atoms with Crippen molar-refractivity contribution in [2.75, 3.05) is 42.7 Å². The molecule has 1 saturated heterocycles. The third-order valence-electron chi connectivity index (χ3n) is 6.59. The van der Waals surface area contributed by atoms with Crippen molar-refractivity contribution in [1.29, 1.82) is 0 Å². The topological polar surface area (TPSA) is 122 Å². The van der Waals surface area contributed by atoms with Crippen molar-refractivity contribution in [1.82, 2.24) is 10.2 Å². The van der Waals surface area contributed by atoms with E-state index in [0.717, 1.165) is 4.90 Å². The number of carbonyl (C=O) groups is 3. The van der Waals surface area contributed by atoms with Crippen LogP contribution in [0.3, 0.4) is 0 Å². The molecular weight excluding hydrogens is 508 g/mol. The molecule has 11 heteroatoms. The molecule has 3 rings (SSSR count). The van der Waals surface area contributed by atoms with E-state index in [1.165, 1.54) is 55.7 Å². The second-order valence-electron chi connectivity index (χ2n) is 8.75. The fraction of sp³-hybridized carbons (Fsp3) is 0.393. The second-order valence-corrected chi connectivity index (χ2v) is 8.75. The van der Waals surface area contributed by atoms with Gasteiger partial charge in [0.05, 0.1) is 42.7 Å². The van der Waals surface area contributed by atoms with Gasteiger partial charge in [0.1, 0.15) is 23.2 Å². The molecule has 1 aliphatic heterocycles. The smallest absolute Gasteiger partial charge is 0.277 e. The van der Waals surface area contributed by atoms with E-state index in [1.54, 1.807) is 26.0 Å². The van der Waals surface area contributed by atoms with Crippen LogP contribution < -0.4 is 33.7 Å².